The van der Waals surface area contributed by atoms with Gasteiger partial charge in [-0.05, 0) is 35.9 Å². The Morgan fingerprint density at radius 1 is 1.16 bits per heavy atom. The number of pyridine rings is 1. The molecule has 0 unspecified atom stereocenters. The zero-order chi connectivity index (χ0) is 13.7. The van der Waals surface area contributed by atoms with Crippen molar-refractivity contribution in [3.05, 3.63) is 65.2 Å². The fraction of sp³-hybridized carbons (Fsp3) is 0.0667. The van der Waals surface area contributed by atoms with Gasteiger partial charge in [0.25, 0.3) is 0 Å². The molecule has 4 heteroatoms. The zero-order valence-electron chi connectivity index (χ0n) is 10.3. The van der Waals surface area contributed by atoms with Crippen molar-refractivity contribution >= 4 is 18.1 Å². The maximum absolute atomic E-state index is 12.7. The third-order valence-corrected chi connectivity index (χ3v) is 2.52. The molecule has 1 aromatic carbocycles. The minimum absolute atomic E-state index is 0.266. The summed E-state index contributed by atoms with van der Waals surface area (Å²) in [5.74, 6) is -0.681. The second-order valence-electron chi connectivity index (χ2n) is 3.85. The van der Waals surface area contributed by atoms with Crippen molar-refractivity contribution in [3.8, 4) is 0 Å². The van der Waals surface area contributed by atoms with E-state index in [1.807, 2.05) is 6.08 Å². The van der Waals surface area contributed by atoms with Crippen LogP contribution in [-0.4, -0.2) is 18.1 Å². The van der Waals surface area contributed by atoms with Crippen LogP contribution in [0.3, 0.4) is 0 Å². The van der Waals surface area contributed by atoms with Crippen LogP contribution in [-0.2, 0) is 4.74 Å². The number of nitrogens with zero attached hydrogens (tertiary/aromatic N) is 1. The van der Waals surface area contributed by atoms with Gasteiger partial charge in [-0.15, -0.1) is 0 Å². The highest BCUT2D eigenvalue weighted by Gasteiger charge is 2.03. The third-order valence-electron chi connectivity index (χ3n) is 2.52. The van der Waals surface area contributed by atoms with E-state index in [1.54, 1.807) is 30.3 Å². The van der Waals surface area contributed by atoms with E-state index in [9.17, 15) is 9.18 Å². The molecule has 3 nitrogen and oxygen atoms in total. The van der Waals surface area contributed by atoms with E-state index >= 15 is 0 Å². The summed E-state index contributed by atoms with van der Waals surface area (Å²) in [6.45, 7) is 0. The number of ether oxygens (including phenoxy) is 1. The fourth-order valence-corrected chi connectivity index (χ4v) is 1.50. The summed E-state index contributed by atoms with van der Waals surface area (Å²) in [7, 11) is 1.32. The highest BCUT2D eigenvalue weighted by Crippen LogP contribution is 2.09. The smallest absolute Gasteiger partial charge is 0.339 e. The molecule has 0 atom stereocenters. The van der Waals surface area contributed by atoms with Crippen LogP contribution in [0.25, 0.3) is 12.2 Å². The summed E-state index contributed by atoms with van der Waals surface area (Å²) in [5, 5.41) is 0. The molecular weight excluding hydrogens is 245 g/mol. The first-order chi connectivity index (χ1) is 9.19. The van der Waals surface area contributed by atoms with Crippen molar-refractivity contribution in [1.29, 1.82) is 0 Å². The number of hydrogen-bond donors (Lipinski definition) is 0. The quantitative estimate of drug-likeness (QED) is 0.793. The first kappa shape index (κ1) is 13.0. The molecule has 0 saturated heterocycles. The maximum atomic E-state index is 12.7. The number of esters is 1. The van der Waals surface area contributed by atoms with Gasteiger partial charge in [0.1, 0.15) is 5.82 Å². The first-order valence-electron chi connectivity index (χ1n) is 5.67. The predicted octanol–water partition coefficient (Wildman–Crippen LogP) is 3.18. The summed E-state index contributed by atoms with van der Waals surface area (Å²) in [6.07, 6.45) is 5.06. The Balaban J connectivity index is 2.11. The lowest BCUT2D eigenvalue weighted by atomic mass is 10.2. The van der Waals surface area contributed by atoms with E-state index in [-0.39, 0.29) is 5.82 Å². The molecule has 0 saturated carbocycles. The Kier molecular flexibility index (Phi) is 4.03. The van der Waals surface area contributed by atoms with E-state index in [2.05, 4.69) is 9.72 Å². The van der Waals surface area contributed by atoms with Crippen molar-refractivity contribution in [2.24, 2.45) is 0 Å². The number of carbonyl (C=O) groups is 1. The van der Waals surface area contributed by atoms with Gasteiger partial charge in [-0.3, -0.25) is 4.98 Å². The van der Waals surface area contributed by atoms with Crippen LogP contribution in [0, 0.1) is 5.82 Å². The number of aromatic nitrogens is 1. The Morgan fingerprint density at radius 3 is 2.47 bits per heavy atom. The number of carbonyl (C=O) groups excluding carboxylic acids is 1. The third kappa shape index (κ3) is 3.48. The number of rotatable bonds is 3. The minimum atomic E-state index is -0.415. The van der Waals surface area contributed by atoms with Crippen molar-refractivity contribution in [2.75, 3.05) is 7.11 Å². The standard InChI is InChI=1S/C15H12FNO2/c1-19-15(18)12-5-9-14(17-10-12)8-4-11-2-6-13(16)7-3-11/h2-10H,1H3/b8-4+. The molecule has 0 fully saturated rings. The molecule has 1 heterocycles. The normalized spacial score (nSPS) is 10.6. The molecule has 19 heavy (non-hydrogen) atoms. The lowest BCUT2D eigenvalue weighted by Crippen LogP contribution is -2.01. The number of methoxy groups -OCH3 is 1. The lowest BCUT2D eigenvalue weighted by molar-refractivity contribution is 0.0600. The van der Waals surface area contributed by atoms with E-state index in [4.69, 9.17) is 0 Å². The Morgan fingerprint density at radius 2 is 1.89 bits per heavy atom. The molecule has 1 aromatic heterocycles. The molecule has 0 aliphatic heterocycles. The highest BCUT2D eigenvalue weighted by molar-refractivity contribution is 5.89. The molecule has 2 rings (SSSR count). The minimum Gasteiger partial charge on any atom is -0.465 e. The topological polar surface area (TPSA) is 39.2 Å². The molecule has 0 amide bonds. The summed E-state index contributed by atoms with van der Waals surface area (Å²) in [5.41, 5.74) is 1.98. The van der Waals surface area contributed by atoms with E-state index in [0.717, 1.165) is 5.56 Å². The predicted molar refractivity (Wildman–Crippen MR) is 70.9 cm³/mol. The molecule has 0 bridgehead atoms. The van der Waals surface area contributed by atoms with Crippen molar-refractivity contribution in [1.82, 2.24) is 4.98 Å². The van der Waals surface area contributed by atoms with E-state index in [0.29, 0.717) is 11.3 Å². The molecule has 2 aromatic rings. The zero-order valence-corrected chi connectivity index (χ0v) is 10.3. The lowest BCUT2D eigenvalue weighted by Gasteiger charge is -1.98. The number of hydrogen-bond acceptors (Lipinski definition) is 3. The van der Waals surface area contributed by atoms with Crippen LogP contribution in [0.4, 0.5) is 4.39 Å². The fourth-order valence-electron chi connectivity index (χ4n) is 1.50. The van der Waals surface area contributed by atoms with Crippen LogP contribution >= 0.6 is 0 Å². The van der Waals surface area contributed by atoms with Crippen LogP contribution < -0.4 is 0 Å². The van der Waals surface area contributed by atoms with Gasteiger partial charge in [0.15, 0.2) is 0 Å². The molecular formula is C15H12FNO2. The SMILES string of the molecule is COC(=O)c1ccc(/C=C/c2ccc(F)cc2)nc1. The van der Waals surface area contributed by atoms with E-state index < -0.39 is 5.97 Å². The monoisotopic (exact) mass is 257 g/mol. The largest absolute Gasteiger partial charge is 0.465 e. The van der Waals surface area contributed by atoms with Gasteiger partial charge in [0.05, 0.1) is 18.4 Å². The van der Waals surface area contributed by atoms with Crippen LogP contribution in [0.2, 0.25) is 0 Å². The van der Waals surface area contributed by atoms with Gasteiger partial charge in [0.2, 0.25) is 0 Å². The Labute approximate surface area is 110 Å². The van der Waals surface area contributed by atoms with Crippen LogP contribution in [0.5, 0.6) is 0 Å². The van der Waals surface area contributed by atoms with E-state index in [1.165, 1.54) is 25.4 Å². The van der Waals surface area contributed by atoms with Crippen molar-refractivity contribution < 1.29 is 13.9 Å². The molecule has 96 valence electrons. The second-order valence-corrected chi connectivity index (χ2v) is 3.85. The molecule has 0 aliphatic carbocycles. The maximum Gasteiger partial charge on any atom is 0.339 e. The molecule has 0 spiro atoms. The summed E-state index contributed by atoms with van der Waals surface area (Å²) < 4.78 is 17.3. The summed E-state index contributed by atoms with van der Waals surface area (Å²) >= 11 is 0. The van der Waals surface area contributed by atoms with Gasteiger partial charge in [-0.25, -0.2) is 9.18 Å². The number of halogens is 1. The highest BCUT2D eigenvalue weighted by atomic mass is 19.1. The average molecular weight is 257 g/mol. The molecule has 0 aliphatic rings. The average Bonchev–Trinajstić information content (AvgIpc) is 2.46. The van der Waals surface area contributed by atoms with Gasteiger partial charge in [-0.1, -0.05) is 18.2 Å². The van der Waals surface area contributed by atoms with Gasteiger partial charge in [0, 0.05) is 6.20 Å². The van der Waals surface area contributed by atoms with Crippen LogP contribution in [0.15, 0.2) is 42.6 Å². The van der Waals surface area contributed by atoms with Crippen molar-refractivity contribution in [3.63, 3.8) is 0 Å². The second kappa shape index (κ2) is 5.91. The Bertz CT molecular complexity index is 589. The molecule has 0 radical (unpaired) electrons. The summed E-state index contributed by atoms with van der Waals surface area (Å²) in [4.78, 5) is 15.3. The van der Waals surface area contributed by atoms with Gasteiger partial charge < -0.3 is 4.74 Å². The van der Waals surface area contributed by atoms with Gasteiger partial charge >= 0.3 is 5.97 Å². The first-order valence-corrected chi connectivity index (χ1v) is 5.67. The molecule has 0 N–H and O–H groups in total. The van der Waals surface area contributed by atoms with Crippen LogP contribution in [0.1, 0.15) is 21.6 Å². The Hall–Kier alpha value is -2.49. The number of benzene rings is 1. The van der Waals surface area contributed by atoms with Gasteiger partial charge in [-0.2, -0.15) is 0 Å². The van der Waals surface area contributed by atoms with Crippen molar-refractivity contribution in [2.45, 2.75) is 0 Å². The summed E-state index contributed by atoms with van der Waals surface area (Å²) in [6, 6.07) is 9.50.